The molecule has 0 spiro atoms. The minimum Gasteiger partial charge on any atom is -0.493 e. The molecule has 4 fully saturated rings. The van der Waals surface area contributed by atoms with Gasteiger partial charge in [0, 0.05) is 86.3 Å². The van der Waals surface area contributed by atoms with Gasteiger partial charge in [-0.25, -0.2) is 4.79 Å². The first-order valence-corrected chi connectivity index (χ1v) is 29.5. The van der Waals surface area contributed by atoms with Gasteiger partial charge in [0.2, 0.25) is 11.8 Å². The molecular weight excluding hydrogens is 1100 g/mol. The number of ether oxygens (including phenoxy) is 7. The monoisotopic (exact) mass is 1190 g/mol. The fourth-order valence-electron chi connectivity index (χ4n) is 11.6. The number of nitrogen functional groups attached to an aromatic ring is 2. The molecule has 4 saturated heterocycles. The Kier molecular flexibility index (Phi) is 21.6. The number of hydrogen-bond acceptors (Lipinski definition) is 16. The van der Waals surface area contributed by atoms with E-state index >= 15 is 0 Å². The molecule has 7 amide bonds. The Hall–Kier alpha value is -8.37. The van der Waals surface area contributed by atoms with Crippen LogP contribution in [0.1, 0.15) is 111 Å². The van der Waals surface area contributed by atoms with E-state index in [1.807, 2.05) is 13.8 Å². The molecule has 462 valence electrons. The summed E-state index contributed by atoms with van der Waals surface area (Å²) in [5, 5.41) is 6.01. The first-order valence-electron chi connectivity index (χ1n) is 29.5. The van der Waals surface area contributed by atoms with Crippen molar-refractivity contribution in [2.45, 2.75) is 122 Å². The molecule has 8 rings (SSSR count). The maximum atomic E-state index is 14.4. The number of unbranched alkanes of at least 4 members (excludes halogenated alkanes) is 2. The Morgan fingerprint density at radius 2 is 1.33 bits per heavy atom. The first-order chi connectivity index (χ1) is 41.2. The molecule has 5 heterocycles. The van der Waals surface area contributed by atoms with Crippen LogP contribution in [0.2, 0.25) is 0 Å². The largest absolute Gasteiger partial charge is 0.493 e. The topological polar surface area (TPSA) is 273 Å². The zero-order valence-electron chi connectivity index (χ0n) is 50.0. The number of carbonyl (C=O) groups is 7. The third-order valence-corrected chi connectivity index (χ3v) is 16.1. The maximum absolute atomic E-state index is 14.4. The van der Waals surface area contributed by atoms with Crippen LogP contribution in [-0.4, -0.2) is 158 Å². The van der Waals surface area contributed by atoms with Crippen molar-refractivity contribution in [2.24, 2.45) is 11.8 Å². The highest BCUT2D eigenvalue weighted by molar-refractivity contribution is 6.12. The lowest BCUT2D eigenvalue weighted by molar-refractivity contribution is -0.137. The number of hydrogen-bond donors (Lipinski definition) is 4. The highest BCUT2D eigenvalue weighted by Crippen LogP contribution is 2.39. The number of likely N-dealkylation sites (tertiary alicyclic amines) is 2. The van der Waals surface area contributed by atoms with Crippen molar-refractivity contribution in [3.8, 4) is 23.0 Å². The smallest absolute Gasteiger partial charge is 0.412 e. The van der Waals surface area contributed by atoms with Gasteiger partial charge in [-0.15, -0.1) is 0 Å². The number of imide groups is 1. The van der Waals surface area contributed by atoms with Crippen molar-refractivity contribution >= 4 is 58.6 Å². The van der Waals surface area contributed by atoms with Gasteiger partial charge in [0.15, 0.2) is 29.2 Å². The normalized spacial score (nSPS) is 20.0. The van der Waals surface area contributed by atoms with Crippen LogP contribution < -0.4 is 41.0 Å². The van der Waals surface area contributed by atoms with Gasteiger partial charge >= 0.3 is 6.09 Å². The summed E-state index contributed by atoms with van der Waals surface area (Å²) < 4.78 is 41.3. The number of benzene rings is 3. The molecule has 3 aromatic rings. The predicted molar refractivity (Wildman–Crippen MR) is 322 cm³/mol. The fraction of sp³-hybridized carbons (Fsp3) is 0.484. The van der Waals surface area contributed by atoms with Gasteiger partial charge in [0.25, 0.3) is 23.6 Å². The minimum absolute atomic E-state index is 0.0293. The van der Waals surface area contributed by atoms with E-state index in [1.165, 1.54) is 48.3 Å². The molecule has 22 heteroatoms. The number of methoxy groups -OCH3 is 2. The van der Waals surface area contributed by atoms with Gasteiger partial charge in [-0.2, -0.15) is 0 Å². The van der Waals surface area contributed by atoms with Crippen molar-refractivity contribution in [3.63, 3.8) is 0 Å². The Labute approximate surface area is 502 Å². The molecule has 6 N–H and O–H groups in total. The molecule has 0 aromatic heterocycles. The molecule has 2 unspecified atom stereocenters. The van der Waals surface area contributed by atoms with E-state index in [4.69, 9.17) is 44.6 Å². The minimum atomic E-state index is -0.832. The number of rotatable bonds is 27. The maximum Gasteiger partial charge on any atom is 0.412 e. The van der Waals surface area contributed by atoms with Crippen LogP contribution in [0.3, 0.4) is 0 Å². The van der Waals surface area contributed by atoms with E-state index in [-0.39, 0.29) is 122 Å². The zero-order chi connectivity index (χ0) is 61.8. The first kappa shape index (κ1) is 63.6. The molecule has 0 aliphatic carbocycles. The molecule has 5 aliphatic rings. The summed E-state index contributed by atoms with van der Waals surface area (Å²) in [6.07, 6.45) is 6.86. The van der Waals surface area contributed by atoms with Gasteiger partial charge in [-0.3, -0.25) is 38.6 Å². The lowest BCUT2D eigenvalue weighted by Gasteiger charge is -2.33. The van der Waals surface area contributed by atoms with Crippen LogP contribution in [0.5, 0.6) is 23.0 Å². The Morgan fingerprint density at radius 3 is 1.90 bits per heavy atom. The lowest BCUT2D eigenvalue weighted by atomic mass is 9.90. The van der Waals surface area contributed by atoms with Crippen molar-refractivity contribution < 1.29 is 66.7 Å². The predicted octanol–water partition coefficient (Wildman–Crippen LogP) is 7.58. The van der Waals surface area contributed by atoms with Crippen molar-refractivity contribution in [3.05, 3.63) is 114 Å². The van der Waals surface area contributed by atoms with Crippen molar-refractivity contribution in [2.75, 3.05) is 83.6 Å². The molecule has 5 aliphatic heterocycles. The van der Waals surface area contributed by atoms with Crippen LogP contribution in [0.15, 0.2) is 97.1 Å². The molecule has 22 nitrogen and oxygen atoms in total. The second-order valence-electron chi connectivity index (χ2n) is 22.9. The van der Waals surface area contributed by atoms with Crippen LogP contribution in [-0.2, 0) is 40.0 Å². The molecule has 6 atom stereocenters. The van der Waals surface area contributed by atoms with Gasteiger partial charge in [0.05, 0.1) is 75.9 Å². The lowest BCUT2D eigenvalue weighted by Crippen LogP contribution is -2.50. The van der Waals surface area contributed by atoms with E-state index in [9.17, 15) is 33.6 Å². The molecule has 0 bridgehead atoms. The second kappa shape index (κ2) is 29.1. The molecule has 3 aromatic carbocycles. The molecule has 86 heavy (non-hydrogen) atoms. The van der Waals surface area contributed by atoms with Gasteiger partial charge in [-0.05, 0) is 80.7 Å². The van der Waals surface area contributed by atoms with E-state index in [0.29, 0.717) is 98.7 Å². The van der Waals surface area contributed by atoms with E-state index in [1.54, 1.807) is 53.1 Å². The number of carbonyl (C=O) groups excluding carboxylic acids is 7. The summed E-state index contributed by atoms with van der Waals surface area (Å²) in [5.74, 6) is -0.739. The van der Waals surface area contributed by atoms with Crippen LogP contribution in [0, 0.1) is 11.8 Å². The SMILES string of the molecule is C=C1C[C@@H](C2CCCO2)N(C(=O)c2cc(OC)c(OCCCOc3cc(N)c(C(=O)N4CC(=C)C[C@H]4C4OCCN4C(=O)OCc4ccc(NC(=O)[C@H](C)CC(=C)[C@@H](NC(=O)CCCCCN5C(=O)C=CC5=O)C(C)C)cc4)cc3OC)cc2N)C1. The number of nitrogens with zero attached hydrogens (tertiary/aromatic N) is 4. The zero-order valence-corrected chi connectivity index (χ0v) is 50.0. The number of anilines is 3. The van der Waals surface area contributed by atoms with E-state index in [2.05, 4.69) is 30.4 Å². The average molecular weight is 1190 g/mol. The quantitative estimate of drug-likeness (QED) is 0.0248. The summed E-state index contributed by atoms with van der Waals surface area (Å²) in [4.78, 5) is 97.8. The molecule has 0 radical (unpaired) electrons. The molecule has 0 saturated carbocycles. The standard InChI is InChI=1S/C64H82N8O14/c1-38(2)59(68-56(73)15-10-9-11-22-69-57(74)20-21-58(69)75)41(5)30-42(6)60(76)67-44-18-16-43(17-19-44)37-86-64(79)70-23-27-85-63(70)50-29-40(4)36-72(50)62(78)46-32-53(81-8)55(34-48(46)66)84-26-13-25-83-54-33-47(65)45(31-52(54)80-7)61(77)71-35-39(3)28-49(71)51-14-12-24-82-51/h16-21,31-34,38,42,49-51,59,63H,3-5,9-15,22-30,35-37,65-66H2,1-2,6-8H3,(H,67,76)(H,68,73)/t42-,49+,50+,51?,59+,63?/m1/s1. The van der Waals surface area contributed by atoms with Crippen LogP contribution in [0.4, 0.5) is 21.9 Å². The van der Waals surface area contributed by atoms with Gasteiger partial charge < -0.3 is 65.1 Å². The number of amides is 7. The third kappa shape index (κ3) is 15.5. The van der Waals surface area contributed by atoms with Crippen LogP contribution in [0.25, 0.3) is 0 Å². The summed E-state index contributed by atoms with van der Waals surface area (Å²) in [6, 6.07) is 12.2. The van der Waals surface area contributed by atoms with E-state index < -0.39 is 30.2 Å². The summed E-state index contributed by atoms with van der Waals surface area (Å²) in [7, 11) is 2.96. The van der Waals surface area contributed by atoms with Gasteiger partial charge in [0.1, 0.15) is 6.61 Å². The summed E-state index contributed by atoms with van der Waals surface area (Å²) >= 11 is 0. The van der Waals surface area contributed by atoms with Gasteiger partial charge in [-0.1, -0.05) is 75.8 Å². The highest BCUT2D eigenvalue weighted by atomic mass is 16.6. The van der Waals surface area contributed by atoms with Crippen molar-refractivity contribution in [1.29, 1.82) is 0 Å². The number of nitrogens with two attached hydrogens (primary N) is 2. The van der Waals surface area contributed by atoms with Crippen molar-refractivity contribution in [1.82, 2.24) is 24.9 Å². The second-order valence-corrected chi connectivity index (χ2v) is 22.9. The van der Waals surface area contributed by atoms with Crippen LogP contribution >= 0.6 is 0 Å². The molecular formula is C64H82N8O14. The Morgan fingerprint density at radius 1 is 0.733 bits per heavy atom. The summed E-state index contributed by atoms with van der Waals surface area (Å²) in [6.45, 7) is 20.7. The average Bonchev–Trinajstić information content (AvgIpc) is 2.02. The Balaban J connectivity index is 0.779. The highest BCUT2D eigenvalue weighted by Gasteiger charge is 2.45. The summed E-state index contributed by atoms with van der Waals surface area (Å²) in [5.41, 5.74) is 17.6. The third-order valence-electron chi connectivity index (χ3n) is 16.1. The Bertz CT molecular complexity index is 3070. The number of nitrogens with one attached hydrogen (secondary N) is 2. The van der Waals surface area contributed by atoms with E-state index in [0.717, 1.165) is 29.6 Å². The fourth-order valence-corrected chi connectivity index (χ4v) is 11.6.